The molecule has 0 aliphatic carbocycles. The van der Waals surface area contributed by atoms with Crippen molar-refractivity contribution < 1.29 is 11.4 Å². The van der Waals surface area contributed by atoms with Gasteiger partial charge in [0.05, 0.1) is 11.3 Å². The van der Waals surface area contributed by atoms with Gasteiger partial charge < -0.3 is 5.11 Å². The molecule has 0 unspecified atom stereocenters. The zero-order valence-corrected chi connectivity index (χ0v) is 8.02. The van der Waals surface area contributed by atoms with Crippen molar-refractivity contribution in [3.63, 3.8) is 0 Å². The van der Waals surface area contributed by atoms with Gasteiger partial charge in [-0.1, -0.05) is 11.6 Å². The first-order valence-corrected chi connectivity index (χ1v) is 4.31. The van der Waals surface area contributed by atoms with Gasteiger partial charge in [-0.2, -0.15) is 0 Å². The Morgan fingerprint density at radius 3 is 3.07 bits per heavy atom. The van der Waals surface area contributed by atoms with E-state index in [1.54, 1.807) is 0 Å². The van der Waals surface area contributed by atoms with Crippen LogP contribution in [0.15, 0.2) is 24.4 Å². The Labute approximate surface area is 90.5 Å². The number of nitro groups is 1. The summed E-state index contributed by atoms with van der Waals surface area (Å²) in [4.78, 5) is 13.7. The molecule has 15 heavy (non-hydrogen) atoms. The Morgan fingerprint density at radius 2 is 2.40 bits per heavy atom. The standard InChI is InChI=1S/C9H5ClN2O3/c10-6-4-7(12(14)15)9(13)8-5(6)2-1-3-11-8/h1-4,13H/i2D. The number of pyridine rings is 1. The highest BCUT2D eigenvalue weighted by molar-refractivity contribution is 6.36. The van der Waals surface area contributed by atoms with E-state index in [2.05, 4.69) is 4.98 Å². The average Bonchev–Trinajstić information content (AvgIpc) is 2.22. The molecule has 0 spiro atoms. The molecule has 0 atom stereocenters. The minimum absolute atomic E-state index is 0.0256. The summed E-state index contributed by atoms with van der Waals surface area (Å²) in [6, 6.07) is 2.46. The van der Waals surface area contributed by atoms with Gasteiger partial charge in [0.25, 0.3) is 0 Å². The molecule has 1 heterocycles. The number of benzene rings is 1. The molecular formula is C9H5ClN2O3. The van der Waals surface area contributed by atoms with Gasteiger partial charge in [0.2, 0.25) is 5.75 Å². The number of hydrogen-bond acceptors (Lipinski definition) is 4. The topological polar surface area (TPSA) is 76.3 Å². The number of nitrogens with zero attached hydrogens (tertiary/aromatic N) is 2. The molecule has 2 rings (SSSR count). The molecular weight excluding hydrogens is 220 g/mol. The normalized spacial score (nSPS) is 11.4. The van der Waals surface area contributed by atoms with E-state index in [0.717, 1.165) is 6.07 Å². The number of phenols is 1. The summed E-state index contributed by atoms with van der Waals surface area (Å²) in [6.07, 6.45) is 1.28. The van der Waals surface area contributed by atoms with Crippen molar-refractivity contribution in [2.24, 2.45) is 0 Å². The van der Waals surface area contributed by atoms with Crippen LogP contribution in [0.4, 0.5) is 5.69 Å². The largest absolute Gasteiger partial charge is 0.501 e. The Balaban J connectivity index is 2.96. The number of aromatic hydroxyl groups is 1. The number of fused-ring (bicyclic) bond motifs is 1. The van der Waals surface area contributed by atoms with E-state index < -0.39 is 16.4 Å². The molecule has 5 nitrogen and oxygen atoms in total. The van der Waals surface area contributed by atoms with Crippen LogP contribution in [-0.2, 0) is 0 Å². The highest BCUT2D eigenvalue weighted by Crippen LogP contribution is 2.37. The first kappa shape index (κ1) is 8.43. The summed E-state index contributed by atoms with van der Waals surface area (Å²) in [5, 5.41) is 20.5. The third kappa shape index (κ3) is 1.46. The van der Waals surface area contributed by atoms with Crippen LogP contribution < -0.4 is 0 Å². The van der Waals surface area contributed by atoms with E-state index >= 15 is 0 Å². The summed E-state index contributed by atoms with van der Waals surface area (Å²) in [5.74, 6) is -0.571. The molecule has 2 aromatic rings. The van der Waals surface area contributed by atoms with Crippen LogP contribution in [0.1, 0.15) is 1.37 Å². The summed E-state index contributed by atoms with van der Waals surface area (Å²) < 4.78 is 7.57. The van der Waals surface area contributed by atoms with Crippen LogP contribution >= 0.6 is 11.6 Å². The number of nitro benzene ring substituents is 1. The van der Waals surface area contributed by atoms with Gasteiger partial charge in [0.15, 0.2) is 0 Å². The third-order valence-corrected chi connectivity index (χ3v) is 2.21. The van der Waals surface area contributed by atoms with Crippen molar-refractivity contribution in [2.75, 3.05) is 0 Å². The van der Waals surface area contributed by atoms with Crippen molar-refractivity contribution in [1.29, 1.82) is 0 Å². The minimum Gasteiger partial charge on any atom is -0.501 e. The second kappa shape index (κ2) is 3.36. The van der Waals surface area contributed by atoms with Crippen LogP contribution in [-0.4, -0.2) is 15.0 Å². The predicted octanol–water partition coefficient (Wildman–Crippen LogP) is 2.50. The average molecular weight is 226 g/mol. The molecule has 1 N–H and O–H groups in total. The summed E-state index contributed by atoms with van der Waals surface area (Å²) in [5.41, 5.74) is -0.553. The van der Waals surface area contributed by atoms with Crippen molar-refractivity contribution in [3.05, 3.63) is 39.5 Å². The lowest BCUT2D eigenvalue weighted by Gasteiger charge is -2.02. The lowest BCUT2D eigenvalue weighted by molar-refractivity contribution is -0.385. The molecule has 6 heteroatoms. The summed E-state index contributed by atoms with van der Waals surface area (Å²) in [6.45, 7) is 0. The second-order valence-corrected chi connectivity index (χ2v) is 3.20. The molecule has 0 radical (unpaired) electrons. The first-order chi connectivity index (χ1) is 7.52. The number of halogens is 1. The quantitative estimate of drug-likeness (QED) is 0.598. The van der Waals surface area contributed by atoms with E-state index in [1.165, 1.54) is 12.3 Å². The monoisotopic (exact) mass is 225 g/mol. The van der Waals surface area contributed by atoms with Gasteiger partial charge in [-0.05, 0) is 12.1 Å². The molecule has 76 valence electrons. The molecule has 0 aliphatic rings. The fourth-order valence-corrected chi connectivity index (χ4v) is 1.50. The van der Waals surface area contributed by atoms with Gasteiger partial charge in [-0.25, -0.2) is 0 Å². The Bertz CT molecular complexity index is 603. The van der Waals surface area contributed by atoms with E-state index in [-0.39, 0.29) is 22.0 Å². The molecule has 0 aliphatic heterocycles. The van der Waals surface area contributed by atoms with E-state index in [4.69, 9.17) is 13.0 Å². The van der Waals surface area contributed by atoms with E-state index in [0.29, 0.717) is 0 Å². The number of phenolic OH excluding ortho intramolecular Hbond substituents is 1. The van der Waals surface area contributed by atoms with Crippen LogP contribution in [0.5, 0.6) is 5.75 Å². The Hall–Kier alpha value is -1.88. The highest BCUT2D eigenvalue weighted by Gasteiger charge is 2.19. The van der Waals surface area contributed by atoms with Crippen LogP contribution in [0.2, 0.25) is 5.02 Å². The molecule has 0 saturated heterocycles. The molecule has 0 amide bonds. The van der Waals surface area contributed by atoms with Crippen molar-refractivity contribution >= 4 is 28.2 Å². The van der Waals surface area contributed by atoms with Gasteiger partial charge >= 0.3 is 5.69 Å². The summed E-state index contributed by atoms with van der Waals surface area (Å²) in [7, 11) is 0. The first-order valence-electron chi connectivity index (χ1n) is 4.43. The molecule has 0 bridgehead atoms. The highest BCUT2D eigenvalue weighted by atomic mass is 35.5. The number of rotatable bonds is 1. The lowest BCUT2D eigenvalue weighted by Crippen LogP contribution is -1.91. The van der Waals surface area contributed by atoms with Gasteiger partial charge in [0.1, 0.15) is 5.52 Å². The molecule has 0 fully saturated rings. The maximum atomic E-state index is 10.6. The van der Waals surface area contributed by atoms with Crippen molar-refractivity contribution in [1.82, 2.24) is 4.98 Å². The van der Waals surface area contributed by atoms with Crippen LogP contribution in [0.3, 0.4) is 0 Å². The van der Waals surface area contributed by atoms with Crippen molar-refractivity contribution in [3.8, 4) is 5.75 Å². The van der Waals surface area contributed by atoms with Gasteiger partial charge in [0, 0.05) is 17.6 Å². The maximum absolute atomic E-state index is 10.6. The maximum Gasteiger partial charge on any atom is 0.314 e. The zero-order valence-electron chi connectivity index (χ0n) is 8.27. The summed E-state index contributed by atoms with van der Waals surface area (Å²) >= 11 is 5.81. The zero-order chi connectivity index (χ0) is 11.9. The molecule has 0 saturated carbocycles. The molecule has 1 aromatic carbocycles. The SMILES string of the molecule is [2H]c1ccnc2c(O)c([N+](=O)[O-])cc(Cl)c12. The Morgan fingerprint density at radius 1 is 1.67 bits per heavy atom. The van der Waals surface area contributed by atoms with Crippen LogP contribution in [0.25, 0.3) is 10.9 Å². The fraction of sp³-hybridized carbons (Fsp3) is 0. The lowest BCUT2D eigenvalue weighted by atomic mass is 10.2. The van der Waals surface area contributed by atoms with Gasteiger partial charge in [-0.15, -0.1) is 0 Å². The van der Waals surface area contributed by atoms with Crippen LogP contribution in [0, 0.1) is 10.1 Å². The predicted molar refractivity (Wildman–Crippen MR) is 55.1 cm³/mol. The minimum atomic E-state index is -0.751. The van der Waals surface area contributed by atoms with E-state index in [1.807, 2.05) is 0 Å². The molecule has 1 aromatic heterocycles. The fourth-order valence-electron chi connectivity index (χ4n) is 1.25. The smallest absolute Gasteiger partial charge is 0.314 e. The Kier molecular flexibility index (Phi) is 1.89. The van der Waals surface area contributed by atoms with Gasteiger partial charge in [-0.3, -0.25) is 15.1 Å². The number of aromatic nitrogens is 1. The number of hydrogen-bond donors (Lipinski definition) is 1. The van der Waals surface area contributed by atoms with E-state index in [9.17, 15) is 15.2 Å². The van der Waals surface area contributed by atoms with Crippen molar-refractivity contribution in [2.45, 2.75) is 0 Å². The third-order valence-electron chi connectivity index (χ3n) is 1.91. The second-order valence-electron chi connectivity index (χ2n) is 2.80.